The average molecular weight is 323 g/mol. The number of aromatic nitrogens is 1. The molecule has 0 radical (unpaired) electrons. The molecule has 0 bridgehead atoms. The molecule has 0 aliphatic rings. The first-order chi connectivity index (χ1) is 11.6. The van der Waals surface area contributed by atoms with Crippen molar-refractivity contribution in [3.05, 3.63) is 76.2 Å². The van der Waals surface area contributed by atoms with Crippen molar-refractivity contribution in [2.75, 3.05) is 5.32 Å². The molecule has 0 unspecified atom stereocenters. The van der Waals surface area contributed by atoms with Gasteiger partial charge in [0, 0.05) is 43.0 Å². The third-order valence-electron chi connectivity index (χ3n) is 2.98. The number of hydrogen-bond donors (Lipinski definition) is 2. The van der Waals surface area contributed by atoms with Gasteiger partial charge in [-0.25, -0.2) is 0 Å². The van der Waals surface area contributed by atoms with E-state index in [0.717, 1.165) is 5.56 Å². The maximum Gasteiger partial charge on any atom is 0.271 e. The Labute approximate surface area is 137 Å². The Morgan fingerprint density at radius 2 is 2.21 bits per heavy atom. The molecular weight excluding hydrogens is 310 g/mol. The maximum absolute atomic E-state index is 12.0. The van der Waals surface area contributed by atoms with Crippen LogP contribution in [0.5, 0.6) is 0 Å². The summed E-state index contributed by atoms with van der Waals surface area (Å²) >= 11 is 0. The first-order valence-electron chi connectivity index (χ1n) is 6.88. The van der Waals surface area contributed by atoms with Gasteiger partial charge in [-0.2, -0.15) is 5.26 Å². The highest BCUT2D eigenvalue weighted by molar-refractivity contribution is 5.97. The van der Waals surface area contributed by atoms with Crippen LogP contribution in [0.25, 0.3) is 0 Å². The molecule has 120 valence electrons. The minimum Gasteiger partial charge on any atom is -0.360 e. The second-order valence-electron chi connectivity index (χ2n) is 4.67. The van der Waals surface area contributed by atoms with Crippen molar-refractivity contribution in [1.82, 2.24) is 10.3 Å². The third-order valence-corrected chi connectivity index (χ3v) is 2.98. The highest BCUT2D eigenvalue weighted by Gasteiger charge is 2.09. The van der Waals surface area contributed by atoms with Gasteiger partial charge in [-0.15, -0.1) is 0 Å². The van der Waals surface area contributed by atoms with Gasteiger partial charge in [-0.05, 0) is 17.7 Å². The zero-order valence-corrected chi connectivity index (χ0v) is 12.5. The third kappa shape index (κ3) is 4.64. The number of amides is 1. The lowest BCUT2D eigenvalue weighted by Crippen LogP contribution is -2.24. The van der Waals surface area contributed by atoms with Crippen LogP contribution in [0.15, 0.2) is 60.6 Å². The van der Waals surface area contributed by atoms with E-state index in [4.69, 9.17) is 5.26 Å². The molecule has 0 atom stereocenters. The molecule has 2 rings (SSSR count). The molecule has 8 nitrogen and oxygen atoms in total. The van der Waals surface area contributed by atoms with Gasteiger partial charge in [0.15, 0.2) is 0 Å². The van der Waals surface area contributed by atoms with Crippen LogP contribution < -0.4 is 10.6 Å². The van der Waals surface area contributed by atoms with Gasteiger partial charge in [0.05, 0.1) is 4.92 Å². The number of hydrogen-bond acceptors (Lipinski definition) is 6. The van der Waals surface area contributed by atoms with Gasteiger partial charge in [0.2, 0.25) is 0 Å². The molecule has 0 saturated carbocycles. The van der Waals surface area contributed by atoms with Crippen molar-refractivity contribution in [2.45, 2.75) is 6.54 Å². The molecule has 0 saturated heterocycles. The molecular formula is C16H13N5O3. The average Bonchev–Trinajstić information content (AvgIpc) is 2.61. The largest absolute Gasteiger partial charge is 0.360 e. The molecule has 0 spiro atoms. The maximum atomic E-state index is 12.0. The summed E-state index contributed by atoms with van der Waals surface area (Å²) in [6.45, 7) is 0.239. The van der Waals surface area contributed by atoms with Crippen molar-refractivity contribution in [2.24, 2.45) is 0 Å². The molecule has 2 aromatic rings. The number of non-ortho nitro benzene ring substituents is 1. The highest BCUT2D eigenvalue weighted by Crippen LogP contribution is 2.17. The number of rotatable bonds is 6. The number of nitriles is 1. The molecule has 0 aliphatic carbocycles. The predicted octanol–water partition coefficient (Wildman–Crippen LogP) is 2.13. The van der Waals surface area contributed by atoms with Gasteiger partial charge >= 0.3 is 0 Å². The van der Waals surface area contributed by atoms with E-state index in [2.05, 4.69) is 15.6 Å². The van der Waals surface area contributed by atoms with E-state index in [9.17, 15) is 14.9 Å². The number of benzene rings is 1. The lowest BCUT2D eigenvalue weighted by atomic mass is 10.2. The molecule has 1 aromatic heterocycles. The monoisotopic (exact) mass is 323 g/mol. The number of pyridine rings is 1. The fourth-order valence-corrected chi connectivity index (χ4v) is 1.79. The Balaban J connectivity index is 2.01. The second-order valence-corrected chi connectivity index (χ2v) is 4.67. The molecule has 0 aliphatic heterocycles. The van der Waals surface area contributed by atoms with Crippen LogP contribution in [0, 0.1) is 21.4 Å². The van der Waals surface area contributed by atoms with Crippen molar-refractivity contribution in [3.8, 4) is 6.07 Å². The molecule has 1 aromatic carbocycles. The standard InChI is InChI=1S/C16H13N5O3/c17-8-13(16(22)20-10-12-3-2-6-18-9-12)11-19-14-4-1-5-15(7-14)21(23)24/h1-7,9,11,19H,10H2,(H,20,22)/b13-11-. The summed E-state index contributed by atoms with van der Waals surface area (Å²) in [5, 5.41) is 25.1. The summed E-state index contributed by atoms with van der Waals surface area (Å²) in [7, 11) is 0. The van der Waals surface area contributed by atoms with E-state index in [1.54, 1.807) is 36.7 Å². The Hall–Kier alpha value is -3.73. The van der Waals surface area contributed by atoms with E-state index in [0.29, 0.717) is 5.69 Å². The van der Waals surface area contributed by atoms with Crippen LogP contribution >= 0.6 is 0 Å². The number of nitro groups is 1. The first-order valence-corrected chi connectivity index (χ1v) is 6.88. The van der Waals surface area contributed by atoms with E-state index < -0.39 is 10.8 Å². The Kier molecular flexibility index (Phi) is 5.58. The van der Waals surface area contributed by atoms with Crippen LogP contribution in [0.2, 0.25) is 0 Å². The summed E-state index contributed by atoms with van der Waals surface area (Å²) < 4.78 is 0. The van der Waals surface area contributed by atoms with Crippen molar-refractivity contribution >= 4 is 17.3 Å². The van der Waals surface area contributed by atoms with Gasteiger partial charge in [0.1, 0.15) is 11.6 Å². The minimum absolute atomic E-state index is 0.0899. The van der Waals surface area contributed by atoms with E-state index in [1.165, 1.54) is 24.4 Å². The molecule has 1 amide bonds. The molecule has 24 heavy (non-hydrogen) atoms. The number of carbonyl (C=O) groups is 1. The molecule has 8 heteroatoms. The van der Waals surface area contributed by atoms with Crippen molar-refractivity contribution in [3.63, 3.8) is 0 Å². The van der Waals surface area contributed by atoms with Crippen LogP contribution in [0.1, 0.15) is 5.56 Å². The molecule has 1 heterocycles. The highest BCUT2D eigenvalue weighted by atomic mass is 16.6. The van der Waals surface area contributed by atoms with E-state index in [1.807, 2.05) is 0 Å². The summed E-state index contributed by atoms with van der Waals surface area (Å²) in [5.74, 6) is -0.556. The van der Waals surface area contributed by atoms with Crippen LogP contribution in [-0.2, 0) is 11.3 Å². The minimum atomic E-state index is -0.556. The Morgan fingerprint density at radius 3 is 2.88 bits per heavy atom. The predicted molar refractivity (Wildman–Crippen MR) is 86.5 cm³/mol. The van der Waals surface area contributed by atoms with Crippen molar-refractivity contribution in [1.29, 1.82) is 5.26 Å². The summed E-state index contributed by atoms with van der Waals surface area (Å²) in [4.78, 5) is 26.1. The topological polar surface area (TPSA) is 121 Å². The van der Waals surface area contributed by atoms with E-state index >= 15 is 0 Å². The summed E-state index contributed by atoms with van der Waals surface area (Å²) in [6, 6.07) is 11.1. The number of carbonyl (C=O) groups excluding carboxylic acids is 1. The number of nitrogens with one attached hydrogen (secondary N) is 2. The normalized spacial score (nSPS) is 10.5. The van der Waals surface area contributed by atoms with E-state index in [-0.39, 0.29) is 17.8 Å². The van der Waals surface area contributed by atoms with Crippen LogP contribution in [0.3, 0.4) is 0 Å². The Morgan fingerprint density at radius 1 is 1.38 bits per heavy atom. The Bertz CT molecular complexity index is 812. The van der Waals surface area contributed by atoms with Gasteiger partial charge in [-0.3, -0.25) is 19.9 Å². The van der Waals surface area contributed by atoms with Gasteiger partial charge < -0.3 is 10.6 Å². The lowest BCUT2D eigenvalue weighted by Gasteiger charge is -2.05. The first kappa shape index (κ1) is 16.6. The zero-order valence-electron chi connectivity index (χ0n) is 12.5. The molecule has 2 N–H and O–H groups in total. The number of anilines is 1. The van der Waals surface area contributed by atoms with Crippen LogP contribution in [-0.4, -0.2) is 15.8 Å². The zero-order chi connectivity index (χ0) is 17.4. The molecule has 0 fully saturated rings. The fourth-order valence-electron chi connectivity index (χ4n) is 1.79. The quantitative estimate of drug-likeness (QED) is 0.363. The smallest absolute Gasteiger partial charge is 0.271 e. The fraction of sp³-hybridized carbons (Fsp3) is 0.0625. The second kappa shape index (κ2) is 8.05. The lowest BCUT2D eigenvalue weighted by molar-refractivity contribution is -0.384. The van der Waals surface area contributed by atoms with Gasteiger partial charge in [-0.1, -0.05) is 12.1 Å². The van der Waals surface area contributed by atoms with Crippen LogP contribution in [0.4, 0.5) is 11.4 Å². The number of nitrogens with zero attached hydrogens (tertiary/aromatic N) is 3. The summed E-state index contributed by atoms with van der Waals surface area (Å²) in [5.41, 5.74) is 0.963. The SMILES string of the molecule is N#C/C(=C/Nc1cccc([N+](=O)[O-])c1)C(=O)NCc1cccnc1. The summed E-state index contributed by atoms with van der Waals surface area (Å²) in [6.07, 6.45) is 4.43. The van der Waals surface area contributed by atoms with Crippen molar-refractivity contribution < 1.29 is 9.72 Å². The van der Waals surface area contributed by atoms with Gasteiger partial charge in [0.25, 0.3) is 11.6 Å². The number of nitro benzene ring substituents is 1.